The third-order valence-electron chi connectivity index (χ3n) is 3.26. The molecule has 1 saturated carbocycles. The number of rotatable bonds is 5. The Morgan fingerprint density at radius 2 is 2.28 bits per heavy atom. The number of amidine groups is 1. The summed E-state index contributed by atoms with van der Waals surface area (Å²) in [6, 6.07) is 5.63. The third kappa shape index (κ3) is 2.88. The van der Waals surface area contributed by atoms with Crippen molar-refractivity contribution in [1.29, 1.82) is 0 Å². The van der Waals surface area contributed by atoms with E-state index in [9.17, 15) is 0 Å². The monoisotopic (exact) mass is 267 g/mol. The van der Waals surface area contributed by atoms with E-state index in [1.807, 2.05) is 12.1 Å². The van der Waals surface area contributed by atoms with Crippen LogP contribution in [0.25, 0.3) is 0 Å². The largest absolute Gasteiger partial charge is 0.409 e. The van der Waals surface area contributed by atoms with Crippen molar-refractivity contribution in [2.45, 2.75) is 19.8 Å². The van der Waals surface area contributed by atoms with Gasteiger partial charge >= 0.3 is 0 Å². The quantitative estimate of drug-likeness (QED) is 0.373. The molecule has 0 spiro atoms. The summed E-state index contributed by atoms with van der Waals surface area (Å²) in [5.41, 5.74) is 7.19. The number of halogens is 1. The molecule has 18 heavy (non-hydrogen) atoms. The molecule has 0 atom stereocenters. The lowest BCUT2D eigenvalue weighted by molar-refractivity contribution is 0.318. The van der Waals surface area contributed by atoms with Gasteiger partial charge in [0.05, 0.1) is 5.02 Å². The molecule has 1 aliphatic rings. The van der Waals surface area contributed by atoms with Gasteiger partial charge in [0.25, 0.3) is 0 Å². The summed E-state index contributed by atoms with van der Waals surface area (Å²) in [5, 5.41) is 12.1. The Kier molecular flexibility index (Phi) is 3.97. The van der Waals surface area contributed by atoms with E-state index in [0.29, 0.717) is 10.6 Å². The van der Waals surface area contributed by atoms with E-state index in [1.54, 1.807) is 6.07 Å². The minimum atomic E-state index is 0.0387. The summed E-state index contributed by atoms with van der Waals surface area (Å²) in [4.78, 5) is 2.31. The van der Waals surface area contributed by atoms with E-state index in [0.717, 1.165) is 24.7 Å². The molecule has 2 rings (SSSR count). The zero-order valence-electron chi connectivity index (χ0n) is 10.4. The first-order valence-electron chi connectivity index (χ1n) is 6.18. The predicted molar refractivity (Wildman–Crippen MR) is 74.6 cm³/mol. The third-order valence-corrected chi connectivity index (χ3v) is 3.57. The van der Waals surface area contributed by atoms with Gasteiger partial charge in [0.15, 0.2) is 5.84 Å². The molecule has 0 aliphatic heterocycles. The normalized spacial score (nSPS) is 15.8. The minimum absolute atomic E-state index is 0.0387. The van der Waals surface area contributed by atoms with E-state index < -0.39 is 0 Å². The van der Waals surface area contributed by atoms with Gasteiger partial charge in [0.2, 0.25) is 0 Å². The molecular weight excluding hydrogens is 250 g/mol. The van der Waals surface area contributed by atoms with Gasteiger partial charge in [-0.05, 0) is 43.9 Å². The first-order chi connectivity index (χ1) is 8.65. The number of hydrogen-bond acceptors (Lipinski definition) is 3. The Morgan fingerprint density at radius 1 is 1.56 bits per heavy atom. The maximum Gasteiger partial charge on any atom is 0.171 e. The fourth-order valence-corrected chi connectivity index (χ4v) is 2.26. The molecule has 1 aliphatic carbocycles. The van der Waals surface area contributed by atoms with Crippen LogP contribution in [-0.4, -0.2) is 24.1 Å². The van der Waals surface area contributed by atoms with Crippen LogP contribution < -0.4 is 10.6 Å². The first kappa shape index (κ1) is 13.0. The van der Waals surface area contributed by atoms with Gasteiger partial charge in [-0.3, -0.25) is 0 Å². The molecule has 0 radical (unpaired) electrons. The van der Waals surface area contributed by atoms with E-state index >= 15 is 0 Å². The van der Waals surface area contributed by atoms with Crippen LogP contribution in [0.4, 0.5) is 5.69 Å². The van der Waals surface area contributed by atoms with Crippen molar-refractivity contribution in [3.05, 3.63) is 28.8 Å². The van der Waals surface area contributed by atoms with Crippen LogP contribution in [0.5, 0.6) is 0 Å². The lowest BCUT2D eigenvalue weighted by Crippen LogP contribution is -2.25. The van der Waals surface area contributed by atoms with Crippen LogP contribution in [0.2, 0.25) is 5.02 Å². The molecule has 0 bridgehead atoms. The van der Waals surface area contributed by atoms with Gasteiger partial charge in [-0.1, -0.05) is 16.8 Å². The maximum absolute atomic E-state index is 8.66. The average Bonchev–Trinajstić information content (AvgIpc) is 3.19. The predicted octanol–water partition coefficient (Wildman–Crippen LogP) is 2.67. The number of anilines is 1. The fourth-order valence-electron chi connectivity index (χ4n) is 1.99. The summed E-state index contributed by atoms with van der Waals surface area (Å²) in [6.07, 6.45) is 2.65. The van der Waals surface area contributed by atoms with Crippen molar-refractivity contribution >= 4 is 23.1 Å². The topological polar surface area (TPSA) is 61.8 Å². The summed E-state index contributed by atoms with van der Waals surface area (Å²) in [5.74, 6) is 0.865. The highest BCUT2D eigenvalue weighted by atomic mass is 35.5. The zero-order valence-corrected chi connectivity index (χ0v) is 11.2. The summed E-state index contributed by atoms with van der Waals surface area (Å²) in [7, 11) is 0. The van der Waals surface area contributed by atoms with E-state index in [-0.39, 0.29) is 5.84 Å². The molecule has 1 fully saturated rings. The highest BCUT2D eigenvalue weighted by Gasteiger charge is 2.24. The van der Waals surface area contributed by atoms with Crippen LogP contribution in [0.1, 0.15) is 25.3 Å². The SMILES string of the molecule is CCN(CC1CC1)c1ccc(C(N)=NO)c(Cl)c1. The number of nitrogens with two attached hydrogens (primary N) is 1. The Bertz CT molecular complexity index is 458. The van der Waals surface area contributed by atoms with E-state index in [1.165, 1.54) is 12.8 Å². The van der Waals surface area contributed by atoms with Gasteiger partial charge in [-0.2, -0.15) is 0 Å². The van der Waals surface area contributed by atoms with Crippen molar-refractivity contribution in [1.82, 2.24) is 0 Å². The van der Waals surface area contributed by atoms with Gasteiger partial charge in [0, 0.05) is 24.3 Å². The second kappa shape index (κ2) is 5.48. The Balaban J connectivity index is 2.20. The van der Waals surface area contributed by atoms with E-state index in [4.69, 9.17) is 22.5 Å². The molecule has 98 valence electrons. The lowest BCUT2D eigenvalue weighted by atomic mass is 10.1. The van der Waals surface area contributed by atoms with Gasteiger partial charge in [-0.25, -0.2) is 0 Å². The van der Waals surface area contributed by atoms with Crippen molar-refractivity contribution in [3.8, 4) is 0 Å². The van der Waals surface area contributed by atoms with E-state index in [2.05, 4.69) is 17.0 Å². The van der Waals surface area contributed by atoms with Crippen molar-refractivity contribution in [2.75, 3.05) is 18.0 Å². The Hall–Kier alpha value is -1.42. The standard InChI is InChI=1S/C13H18ClN3O/c1-2-17(8-9-3-4-9)10-5-6-11(12(14)7-10)13(15)16-18/h5-7,9,18H,2-4,8H2,1H3,(H2,15,16). The van der Waals surface area contributed by atoms with Crippen molar-refractivity contribution in [3.63, 3.8) is 0 Å². The van der Waals surface area contributed by atoms with Crippen LogP contribution in [0, 0.1) is 5.92 Å². The smallest absolute Gasteiger partial charge is 0.171 e. The highest BCUT2D eigenvalue weighted by molar-refractivity contribution is 6.34. The van der Waals surface area contributed by atoms with Crippen LogP contribution in [-0.2, 0) is 0 Å². The molecule has 0 saturated heterocycles. The molecular formula is C13H18ClN3O. The average molecular weight is 268 g/mol. The Labute approximate surface area is 112 Å². The molecule has 1 aromatic carbocycles. The number of hydrogen-bond donors (Lipinski definition) is 2. The summed E-state index contributed by atoms with van der Waals surface area (Å²) < 4.78 is 0. The van der Waals surface area contributed by atoms with Crippen LogP contribution >= 0.6 is 11.6 Å². The molecule has 3 N–H and O–H groups in total. The molecule has 0 amide bonds. The van der Waals surface area contributed by atoms with Gasteiger partial charge in [-0.15, -0.1) is 0 Å². The second-order valence-corrected chi connectivity index (χ2v) is 5.04. The van der Waals surface area contributed by atoms with Gasteiger partial charge in [0.1, 0.15) is 0 Å². The van der Waals surface area contributed by atoms with Crippen LogP contribution in [0.15, 0.2) is 23.4 Å². The zero-order chi connectivity index (χ0) is 13.1. The lowest BCUT2D eigenvalue weighted by Gasteiger charge is -2.23. The molecule has 5 heteroatoms. The summed E-state index contributed by atoms with van der Waals surface area (Å²) in [6.45, 7) is 4.17. The van der Waals surface area contributed by atoms with Gasteiger partial charge < -0.3 is 15.8 Å². The van der Waals surface area contributed by atoms with Crippen molar-refractivity contribution < 1.29 is 5.21 Å². The molecule has 4 nitrogen and oxygen atoms in total. The molecule has 1 aromatic rings. The minimum Gasteiger partial charge on any atom is -0.409 e. The number of benzene rings is 1. The van der Waals surface area contributed by atoms with Crippen LogP contribution in [0.3, 0.4) is 0 Å². The molecule has 0 heterocycles. The van der Waals surface area contributed by atoms with Crippen molar-refractivity contribution in [2.24, 2.45) is 16.8 Å². The summed E-state index contributed by atoms with van der Waals surface area (Å²) >= 11 is 6.16. The second-order valence-electron chi connectivity index (χ2n) is 4.63. The number of nitrogens with zero attached hydrogens (tertiary/aromatic N) is 2. The fraction of sp³-hybridized carbons (Fsp3) is 0.462. The number of oxime groups is 1. The molecule has 0 aromatic heterocycles. The maximum atomic E-state index is 8.66. The first-order valence-corrected chi connectivity index (χ1v) is 6.56. The Morgan fingerprint density at radius 3 is 2.78 bits per heavy atom. The molecule has 0 unspecified atom stereocenters. The highest BCUT2D eigenvalue weighted by Crippen LogP contribution is 2.32.